The average Bonchev–Trinajstić information content (AvgIpc) is 2.48. The van der Waals surface area contributed by atoms with Gasteiger partial charge in [-0.2, -0.15) is 0 Å². The predicted molar refractivity (Wildman–Crippen MR) is 89.8 cm³/mol. The van der Waals surface area contributed by atoms with Crippen LogP contribution in [0.25, 0.3) is 0 Å². The van der Waals surface area contributed by atoms with E-state index >= 15 is 0 Å². The molecule has 1 unspecified atom stereocenters. The lowest BCUT2D eigenvalue weighted by Gasteiger charge is -2.23. The van der Waals surface area contributed by atoms with Gasteiger partial charge in [-0.25, -0.2) is 4.39 Å². The van der Waals surface area contributed by atoms with Gasteiger partial charge in [0.1, 0.15) is 5.82 Å². The van der Waals surface area contributed by atoms with Crippen molar-refractivity contribution in [3.8, 4) is 0 Å². The maximum atomic E-state index is 13.7. The summed E-state index contributed by atoms with van der Waals surface area (Å²) < 4.78 is 19.1. The summed E-state index contributed by atoms with van der Waals surface area (Å²) in [6, 6.07) is 5.24. The van der Waals surface area contributed by atoms with Crippen LogP contribution in [-0.2, 0) is 4.74 Å². The summed E-state index contributed by atoms with van der Waals surface area (Å²) in [5, 5.41) is 6.49. The molecule has 0 aliphatic carbocycles. The van der Waals surface area contributed by atoms with E-state index in [0.29, 0.717) is 18.1 Å². The lowest BCUT2D eigenvalue weighted by molar-refractivity contribution is 0.0310. The van der Waals surface area contributed by atoms with E-state index in [4.69, 9.17) is 4.74 Å². The number of ether oxygens (including phenoxy) is 1. The van der Waals surface area contributed by atoms with Gasteiger partial charge in [0, 0.05) is 13.7 Å². The molecule has 0 aliphatic heterocycles. The molecule has 0 aromatic heterocycles. The molecule has 0 fully saturated rings. The van der Waals surface area contributed by atoms with E-state index in [2.05, 4.69) is 15.6 Å². The Hall–Kier alpha value is -1.62. The van der Waals surface area contributed by atoms with Crippen LogP contribution < -0.4 is 10.6 Å². The monoisotopic (exact) mass is 309 g/mol. The summed E-state index contributed by atoms with van der Waals surface area (Å²) in [5.74, 6) is 0.509. The highest BCUT2D eigenvalue weighted by molar-refractivity contribution is 5.80. The normalized spacial score (nSPS) is 13.9. The second-order valence-corrected chi connectivity index (χ2v) is 6.03. The van der Waals surface area contributed by atoms with Gasteiger partial charge in [-0.1, -0.05) is 12.1 Å². The Bertz CT molecular complexity index is 515. The zero-order valence-corrected chi connectivity index (χ0v) is 14.5. The molecule has 1 atom stereocenters. The number of guanidine groups is 1. The smallest absolute Gasteiger partial charge is 0.191 e. The number of hydrogen-bond donors (Lipinski definition) is 2. The summed E-state index contributed by atoms with van der Waals surface area (Å²) >= 11 is 0. The molecule has 1 rings (SSSR count). The molecule has 0 saturated heterocycles. The summed E-state index contributed by atoms with van der Waals surface area (Å²) in [5.41, 5.74) is 1.22. The van der Waals surface area contributed by atoms with Crippen molar-refractivity contribution in [1.82, 2.24) is 10.6 Å². The summed E-state index contributed by atoms with van der Waals surface area (Å²) in [6.45, 7) is 11.0. The summed E-state index contributed by atoms with van der Waals surface area (Å²) in [4.78, 5) is 4.54. The molecule has 2 N–H and O–H groups in total. The average molecular weight is 309 g/mol. The highest BCUT2D eigenvalue weighted by Gasteiger charge is 2.16. The van der Waals surface area contributed by atoms with Crippen LogP contribution in [0.2, 0.25) is 0 Å². The SMILES string of the molecule is CCNC(=NCC(C)(C)OC)NC(C)c1ccc(C)c(F)c1. The summed E-state index contributed by atoms with van der Waals surface area (Å²) in [7, 11) is 1.67. The van der Waals surface area contributed by atoms with Crippen LogP contribution in [0.1, 0.15) is 44.9 Å². The quantitative estimate of drug-likeness (QED) is 0.627. The maximum absolute atomic E-state index is 13.7. The van der Waals surface area contributed by atoms with Gasteiger partial charge in [0.05, 0.1) is 18.2 Å². The second-order valence-electron chi connectivity index (χ2n) is 6.03. The first-order chi connectivity index (χ1) is 10.3. The number of methoxy groups -OCH3 is 1. The minimum Gasteiger partial charge on any atom is -0.377 e. The molecule has 1 aromatic carbocycles. The lowest BCUT2D eigenvalue weighted by Crippen LogP contribution is -2.40. The van der Waals surface area contributed by atoms with Gasteiger partial charge in [0.25, 0.3) is 0 Å². The maximum Gasteiger partial charge on any atom is 0.191 e. The molecule has 22 heavy (non-hydrogen) atoms. The van der Waals surface area contributed by atoms with E-state index in [1.807, 2.05) is 33.8 Å². The van der Waals surface area contributed by atoms with E-state index in [1.54, 1.807) is 26.2 Å². The van der Waals surface area contributed by atoms with Crippen molar-refractivity contribution in [1.29, 1.82) is 0 Å². The molecule has 0 heterocycles. The van der Waals surface area contributed by atoms with Crippen molar-refractivity contribution in [2.24, 2.45) is 4.99 Å². The van der Waals surface area contributed by atoms with E-state index in [9.17, 15) is 4.39 Å². The topological polar surface area (TPSA) is 45.7 Å². The predicted octanol–water partition coefficient (Wildman–Crippen LogP) is 3.18. The molecule has 0 aliphatic rings. The van der Waals surface area contributed by atoms with Crippen LogP contribution in [0, 0.1) is 12.7 Å². The third-order valence-electron chi connectivity index (χ3n) is 3.56. The number of halogens is 1. The second kappa shape index (κ2) is 8.13. The number of rotatable bonds is 6. The number of benzene rings is 1. The van der Waals surface area contributed by atoms with Gasteiger partial charge in [0.15, 0.2) is 5.96 Å². The van der Waals surface area contributed by atoms with Gasteiger partial charge in [-0.3, -0.25) is 4.99 Å². The Balaban J connectivity index is 2.81. The van der Waals surface area contributed by atoms with Crippen LogP contribution in [0.4, 0.5) is 4.39 Å². The van der Waals surface area contributed by atoms with Gasteiger partial charge in [0.2, 0.25) is 0 Å². The van der Waals surface area contributed by atoms with E-state index in [0.717, 1.165) is 12.1 Å². The number of hydrogen-bond acceptors (Lipinski definition) is 2. The van der Waals surface area contributed by atoms with Crippen LogP contribution in [0.3, 0.4) is 0 Å². The van der Waals surface area contributed by atoms with Gasteiger partial charge >= 0.3 is 0 Å². The number of aliphatic imine (C=N–C) groups is 1. The first-order valence-electron chi connectivity index (χ1n) is 7.65. The van der Waals surface area contributed by atoms with Gasteiger partial charge in [-0.05, 0) is 51.8 Å². The largest absolute Gasteiger partial charge is 0.377 e. The van der Waals surface area contributed by atoms with Crippen LogP contribution in [0.5, 0.6) is 0 Å². The van der Waals surface area contributed by atoms with E-state index in [-0.39, 0.29) is 17.5 Å². The standard InChI is InChI=1S/C17H28FN3O/c1-7-19-16(20-11-17(4,5)22-6)21-13(3)14-9-8-12(2)15(18)10-14/h8-10,13H,7,11H2,1-6H3,(H2,19,20,21). The Morgan fingerprint density at radius 2 is 2.09 bits per heavy atom. The Morgan fingerprint density at radius 1 is 1.41 bits per heavy atom. The lowest BCUT2D eigenvalue weighted by atomic mass is 10.1. The Kier molecular flexibility index (Phi) is 6.81. The molecule has 0 spiro atoms. The number of aryl methyl sites for hydroxylation is 1. The van der Waals surface area contributed by atoms with Crippen molar-refractivity contribution in [3.05, 3.63) is 35.1 Å². The minimum absolute atomic E-state index is 0.0430. The van der Waals surface area contributed by atoms with Crippen molar-refractivity contribution >= 4 is 5.96 Å². The van der Waals surface area contributed by atoms with E-state index in [1.165, 1.54) is 0 Å². The molecule has 0 bridgehead atoms. The molecular formula is C17H28FN3O. The molecule has 0 amide bonds. The fourth-order valence-electron chi connectivity index (χ4n) is 1.82. The van der Waals surface area contributed by atoms with Crippen LogP contribution >= 0.6 is 0 Å². The zero-order valence-electron chi connectivity index (χ0n) is 14.5. The molecule has 0 radical (unpaired) electrons. The summed E-state index contributed by atoms with van der Waals surface area (Å²) in [6.07, 6.45) is 0. The highest BCUT2D eigenvalue weighted by atomic mass is 19.1. The molecule has 1 aromatic rings. The highest BCUT2D eigenvalue weighted by Crippen LogP contribution is 2.16. The van der Waals surface area contributed by atoms with Crippen molar-refractivity contribution < 1.29 is 9.13 Å². The molecule has 0 saturated carbocycles. The molecule has 5 heteroatoms. The zero-order chi connectivity index (χ0) is 16.8. The fourth-order valence-corrected chi connectivity index (χ4v) is 1.82. The third kappa shape index (κ3) is 5.64. The molecule has 4 nitrogen and oxygen atoms in total. The van der Waals surface area contributed by atoms with Crippen LogP contribution in [0.15, 0.2) is 23.2 Å². The Morgan fingerprint density at radius 3 is 2.64 bits per heavy atom. The van der Waals surface area contributed by atoms with Crippen LogP contribution in [-0.4, -0.2) is 31.8 Å². The van der Waals surface area contributed by atoms with Gasteiger partial charge in [-0.15, -0.1) is 0 Å². The van der Waals surface area contributed by atoms with E-state index < -0.39 is 0 Å². The van der Waals surface area contributed by atoms with Crippen molar-refractivity contribution in [2.45, 2.75) is 46.3 Å². The molecular weight excluding hydrogens is 281 g/mol. The number of nitrogens with zero attached hydrogens (tertiary/aromatic N) is 1. The first-order valence-corrected chi connectivity index (χ1v) is 7.65. The Labute approximate surface area is 133 Å². The van der Waals surface area contributed by atoms with Crippen molar-refractivity contribution in [3.63, 3.8) is 0 Å². The fraction of sp³-hybridized carbons (Fsp3) is 0.588. The minimum atomic E-state index is -0.318. The first kappa shape index (κ1) is 18.4. The third-order valence-corrected chi connectivity index (χ3v) is 3.56. The number of nitrogens with one attached hydrogen (secondary N) is 2. The van der Waals surface area contributed by atoms with Crippen molar-refractivity contribution in [2.75, 3.05) is 20.2 Å². The molecule has 124 valence electrons. The van der Waals surface area contributed by atoms with Gasteiger partial charge < -0.3 is 15.4 Å².